The topological polar surface area (TPSA) is 66.5 Å². The molecule has 4 rings (SSSR count). The van der Waals surface area contributed by atoms with Crippen molar-refractivity contribution in [3.8, 4) is 0 Å². The van der Waals surface area contributed by atoms with Crippen LogP contribution in [0.25, 0.3) is 0 Å². The number of nitrogens with zero attached hydrogens (tertiary/aromatic N) is 1. The Kier molecular flexibility index (Phi) is 4.00. The maximum atomic E-state index is 12.5. The van der Waals surface area contributed by atoms with Gasteiger partial charge in [-0.1, -0.05) is 24.3 Å². The van der Waals surface area contributed by atoms with Crippen molar-refractivity contribution in [3.63, 3.8) is 0 Å². The van der Waals surface area contributed by atoms with Gasteiger partial charge in [-0.05, 0) is 54.7 Å². The van der Waals surface area contributed by atoms with E-state index >= 15 is 0 Å². The van der Waals surface area contributed by atoms with Gasteiger partial charge in [-0.2, -0.15) is 0 Å². The van der Waals surface area contributed by atoms with Crippen molar-refractivity contribution in [2.24, 2.45) is 5.92 Å². The van der Waals surface area contributed by atoms with Gasteiger partial charge in [-0.25, -0.2) is 8.42 Å². The van der Waals surface area contributed by atoms with Gasteiger partial charge in [0.1, 0.15) is 0 Å². The lowest BCUT2D eigenvalue weighted by molar-refractivity contribution is -0.133. The fourth-order valence-electron chi connectivity index (χ4n) is 3.21. The first-order valence-electron chi connectivity index (χ1n) is 8.51. The van der Waals surface area contributed by atoms with Crippen molar-refractivity contribution in [3.05, 3.63) is 59.7 Å². The molecule has 1 aliphatic heterocycles. The first kappa shape index (κ1) is 16.1. The summed E-state index contributed by atoms with van der Waals surface area (Å²) in [5, 5.41) is 0. The molecule has 5 nitrogen and oxygen atoms in total. The SMILES string of the molecule is O=C(C1CC1)N1CCc2ccc(NS(=O)(=O)c3ccccc3)cc2C1. The second kappa shape index (κ2) is 6.19. The molecular formula is C19H20N2O3S. The predicted octanol–water partition coefficient (Wildman–Crippen LogP) is 2.78. The van der Waals surface area contributed by atoms with Crippen molar-refractivity contribution >= 4 is 21.6 Å². The molecule has 25 heavy (non-hydrogen) atoms. The zero-order valence-electron chi connectivity index (χ0n) is 13.8. The summed E-state index contributed by atoms with van der Waals surface area (Å²) in [6.45, 7) is 1.31. The maximum absolute atomic E-state index is 12.5. The van der Waals surface area contributed by atoms with E-state index in [2.05, 4.69) is 4.72 Å². The Bertz CT molecular complexity index is 906. The highest BCUT2D eigenvalue weighted by atomic mass is 32.2. The number of rotatable bonds is 4. The van der Waals surface area contributed by atoms with Crippen molar-refractivity contribution in [2.45, 2.75) is 30.7 Å². The Balaban J connectivity index is 1.55. The van der Waals surface area contributed by atoms with Gasteiger partial charge in [-0.3, -0.25) is 9.52 Å². The highest BCUT2D eigenvalue weighted by molar-refractivity contribution is 7.92. The van der Waals surface area contributed by atoms with E-state index in [0.29, 0.717) is 12.2 Å². The minimum Gasteiger partial charge on any atom is -0.338 e. The molecule has 0 radical (unpaired) electrons. The molecule has 0 saturated heterocycles. The van der Waals surface area contributed by atoms with Gasteiger partial charge >= 0.3 is 0 Å². The Labute approximate surface area is 147 Å². The van der Waals surface area contributed by atoms with Crippen LogP contribution in [0.1, 0.15) is 24.0 Å². The van der Waals surface area contributed by atoms with E-state index in [4.69, 9.17) is 0 Å². The zero-order chi connectivity index (χ0) is 17.4. The van der Waals surface area contributed by atoms with Crippen molar-refractivity contribution in [2.75, 3.05) is 11.3 Å². The molecule has 2 aromatic carbocycles. The third-order valence-electron chi connectivity index (χ3n) is 4.76. The molecule has 1 fully saturated rings. The summed E-state index contributed by atoms with van der Waals surface area (Å²) in [4.78, 5) is 14.4. The second-order valence-corrected chi connectivity index (χ2v) is 8.37. The minimum absolute atomic E-state index is 0.210. The molecule has 1 saturated carbocycles. The molecule has 2 aromatic rings. The van der Waals surface area contributed by atoms with Gasteiger partial charge in [0.15, 0.2) is 0 Å². The molecule has 1 N–H and O–H groups in total. The summed E-state index contributed by atoms with van der Waals surface area (Å²) in [5.41, 5.74) is 2.74. The number of fused-ring (bicyclic) bond motifs is 1. The van der Waals surface area contributed by atoms with Gasteiger partial charge < -0.3 is 4.90 Å². The number of amides is 1. The summed E-state index contributed by atoms with van der Waals surface area (Å²) in [6.07, 6.45) is 2.82. The largest absolute Gasteiger partial charge is 0.338 e. The first-order chi connectivity index (χ1) is 12.0. The number of hydrogen-bond donors (Lipinski definition) is 1. The number of hydrogen-bond acceptors (Lipinski definition) is 3. The van der Waals surface area contributed by atoms with E-state index in [9.17, 15) is 13.2 Å². The lowest BCUT2D eigenvalue weighted by atomic mass is 9.99. The molecule has 130 valence electrons. The van der Waals surface area contributed by atoms with Gasteiger partial charge in [0, 0.05) is 24.7 Å². The van der Waals surface area contributed by atoms with Crippen LogP contribution in [0.4, 0.5) is 5.69 Å². The number of carbonyl (C=O) groups is 1. The van der Waals surface area contributed by atoms with Gasteiger partial charge in [0.25, 0.3) is 10.0 Å². The molecular weight excluding hydrogens is 336 g/mol. The average molecular weight is 356 g/mol. The van der Waals surface area contributed by atoms with E-state index < -0.39 is 10.0 Å². The summed E-state index contributed by atoms with van der Waals surface area (Å²) >= 11 is 0. The molecule has 0 unspecified atom stereocenters. The number of nitrogens with one attached hydrogen (secondary N) is 1. The molecule has 1 aliphatic carbocycles. The Hall–Kier alpha value is -2.34. The monoisotopic (exact) mass is 356 g/mol. The minimum atomic E-state index is -3.60. The normalized spacial score (nSPS) is 17.0. The van der Waals surface area contributed by atoms with Gasteiger partial charge in [0.2, 0.25) is 5.91 Å². The van der Waals surface area contributed by atoms with E-state index in [0.717, 1.165) is 31.4 Å². The standard InChI is InChI=1S/C19H20N2O3S/c22-19(15-6-7-15)21-11-10-14-8-9-17(12-16(14)13-21)20-25(23,24)18-4-2-1-3-5-18/h1-5,8-9,12,15,20H,6-7,10-11,13H2. The third-order valence-corrected chi connectivity index (χ3v) is 6.16. The van der Waals surface area contributed by atoms with Crippen LogP contribution < -0.4 is 4.72 Å². The Morgan fingerprint density at radius 1 is 1.04 bits per heavy atom. The van der Waals surface area contributed by atoms with Crippen molar-refractivity contribution in [1.82, 2.24) is 4.90 Å². The van der Waals surface area contributed by atoms with Crippen LogP contribution in [0, 0.1) is 5.92 Å². The summed E-state index contributed by atoms with van der Waals surface area (Å²) in [7, 11) is -3.60. The van der Waals surface area contributed by atoms with Gasteiger partial charge in [0.05, 0.1) is 4.90 Å². The van der Waals surface area contributed by atoms with Crippen LogP contribution in [0.3, 0.4) is 0 Å². The molecule has 1 heterocycles. The first-order valence-corrected chi connectivity index (χ1v) is 10.00. The molecule has 0 spiro atoms. The average Bonchev–Trinajstić information content (AvgIpc) is 3.46. The van der Waals surface area contributed by atoms with Crippen LogP contribution in [0.5, 0.6) is 0 Å². The van der Waals surface area contributed by atoms with Crippen molar-refractivity contribution < 1.29 is 13.2 Å². The lowest BCUT2D eigenvalue weighted by Gasteiger charge is -2.29. The highest BCUT2D eigenvalue weighted by Gasteiger charge is 2.34. The van der Waals surface area contributed by atoms with E-state index in [-0.39, 0.29) is 16.7 Å². The molecule has 0 atom stereocenters. The van der Waals surface area contributed by atoms with Crippen LogP contribution in [-0.2, 0) is 27.8 Å². The number of sulfonamides is 1. The fraction of sp³-hybridized carbons (Fsp3) is 0.316. The highest BCUT2D eigenvalue weighted by Crippen LogP contribution is 2.33. The molecule has 1 amide bonds. The van der Waals surface area contributed by atoms with E-state index in [1.807, 2.05) is 17.0 Å². The molecule has 0 bridgehead atoms. The Morgan fingerprint density at radius 3 is 2.52 bits per heavy atom. The molecule has 0 aromatic heterocycles. The van der Waals surface area contributed by atoms with Crippen LogP contribution in [0.15, 0.2) is 53.4 Å². The number of benzene rings is 2. The smallest absolute Gasteiger partial charge is 0.261 e. The molecule has 6 heteroatoms. The van der Waals surface area contributed by atoms with E-state index in [1.165, 1.54) is 5.56 Å². The predicted molar refractivity (Wildman–Crippen MR) is 95.5 cm³/mol. The summed E-state index contributed by atoms with van der Waals surface area (Å²) in [6, 6.07) is 13.9. The zero-order valence-corrected chi connectivity index (χ0v) is 14.6. The summed E-state index contributed by atoms with van der Waals surface area (Å²) in [5.74, 6) is 0.447. The second-order valence-electron chi connectivity index (χ2n) is 6.69. The van der Waals surface area contributed by atoms with Crippen molar-refractivity contribution in [1.29, 1.82) is 0 Å². The van der Waals surface area contributed by atoms with E-state index in [1.54, 1.807) is 36.4 Å². The Morgan fingerprint density at radius 2 is 1.80 bits per heavy atom. The maximum Gasteiger partial charge on any atom is 0.261 e. The van der Waals surface area contributed by atoms with Crippen LogP contribution in [-0.4, -0.2) is 25.8 Å². The van der Waals surface area contributed by atoms with Gasteiger partial charge in [-0.15, -0.1) is 0 Å². The quantitative estimate of drug-likeness (QED) is 0.916. The van der Waals surface area contributed by atoms with Crippen LogP contribution in [0.2, 0.25) is 0 Å². The number of carbonyl (C=O) groups excluding carboxylic acids is 1. The van der Waals surface area contributed by atoms with Crippen LogP contribution >= 0.6 is 0 Å². The lowest BCUT2D eigenvalue weighted by Crippen LogP contribution is -2.36. The fourth-order valence-corrected chi connectivity index (χ4v) is 4.28. The molecule has 2 aliphatic rings. The number of anilines is 1. The summed E-state index contributed by atoms with van der Waals surface area (Å²) < 4.78 is 27.6. The third kappa shape index (κ3) is 3.39.